The van der Waals surface area contributed by atoms with Crippen molar-refractivity contribution in [2.75, 3.05) is 11.9 Å². The van der Waals surface area contributed by atoms with Gasteiger partial charge in [-0.25, -0.2) is 9.97 Å². The molecule has 2 aromatic rings. The van der Waals surface area contributed by atoms with Crippen LogP contribution in [0.15, 0.2) is 58.4 Å². The Kier molecular flexibility index (Phi) is 4.63. The maximum absolute atomic E-state index is 13.3. The fraction of sp³-hybridized carbons (Fsp3) is 0.280. The third kappa shape index (κ3) is 4.20. The molecule has 1 N–H and O–H groups in total. The maximum Gasteiger partial charge on any atom is 0.416 e. The smallest absolute Gasteiger partial charge is 0.369 e. The first-order valence-electron chi connectivity index (χ1n) is 12.4. The molecule has 0 aliphatic carbocycles. The van der Waals surface area contributed by atoms with Gasteiger partial charge in [-0.15, -0.1) is 0 Å². The fourth-order valence-electron chi connectivity index (χ4n) is 4.24. The van der Waals surface area contributed by atoms with E-state index in [1.807, 2.05) is 4.57 Å². The summed E-state index contributed by atoms with van der Waals surface area (Å²) in [4.78, 5) is 26.3. The number of alkyl halides is 3. The molecule has 0 radical (unpaired) electrons. The summed E-state index contributed by atoms with van der Waals surface area (Å²) < 4.78 is 65.0. The highest BCUT2D eigenvalue weighted by Gasteiger charge is 2.31. The van der Waals surface area contributed by atoms with Gasteiger partial charge in [-0.05, 0) is 49.2 Å². The number of rotatable bonds is 3. The molecule has 10 heteroatoms. The lowest BCUT2D eigenvalue weighted by molar-refractivity contribution is -0.137. The lowest BCUT2D eigenvalue weighted by Gasteiger charge is -2.18. The summed E-state index contributed by atoms with van der Waals surface area (Å²) in [7, 11) is 0. The van der Waals surface area contributed by atoms with Gasteiger partial charge in [0.15, 0.2) is 5.49 Å². The van der Waals surface area contributed by atoms with Crippen molar-refractivity contribution in [2.24, 2.45) is 12.0 Å². The molecule has 0 unspecified atom stereocenters. The molecular formula is C25H23F3N6O. The highest BCUT2D eigenvalue weighted by molar-refractivity contribution is 5.82. The molecule has 5 rings (SSSR count). The topological polar surface area (TPSA) is 77.1 Å². The number of nitrogens with one attached hydrogen (secondary N) is 1. The van der Waals surface area contributed by atoms with Gasteiger partial charge in [0.1, 0.15) is 17.5 Å². The Labute approximate surface area is 203 Å². The number of hydrogen-bond acceptors (Lipinski definition) is 5. The monoisotopic (exact) mass is 483 g/mol. The predicted octanol–water partition coefficient (Wildman–Crippen LogP) is 4.16. The first kappa shape index (κ1) is 19.4. The molecule has 0 amide bonds. The Morgan fingerprint density at radius 3 is 2.74 bits per heavy atom. The minimum absolute atomic E-state index is 0.302. The van der Waals surface area contributed by atoms with Crippen molar-refractivity contribution in [1.82, 2.24) is 19.1 Å². The summed E-state index contributed by atoms with van der Waals surface area (Å²) in [5.74, 6) is 1.74. The van der Waals surface area contributed by atoms with Crippen molar-refractivity contribution in [3.8, 4) is 22.5 Å². The Balaban J connectivity index is 1.70. The van der Waals surface area contributed by atoms with Crippen LogP contribution in [0.5, 0.6) is 0 Å². The first-order valence-corrected chi connectivity index (χ1v) is 10.9. The number of aryl methyl sites for hydroxylation is 2. The van der Waals surface area contributed by atoms with E-state index >= 15 is 0 Å². The van der Waals surface area contributed by atoms with E-state index in [0.29, 0.717) is 62.9 Å². The van der Waals surface area contributed by atoms with E-state index in [9.17, 15) is 18.0 Å². The van der Waals surface area contributed by atoms with E-state index in [0.717, 1.165) is 12.1 Å². The summed E-state index contributed by atoms with van der Waals surface area (Å²) in [5.41, 5.74) is 0.923. The van der Waals surface area contributed by atoms with E-state index in [2.05, 4.69) is 20.3 Å². The van der Waals surface area contributed by atoms with Gasteiger partial charge in [0, 0.05) is 42.0 Å². The standard InChI is InChI=1S/C25H23F3N6O/c1-14(16-5-4-6-18(11-16)25(26,27)28)30-22-20-13-19(17-7-9-33(3)21(35)12-17)23-29-8-10-34(23)24(20)32-15(2)31-22/h4-7,9,11-14,29H,8,10H2,1-3H3/t14-/m1/s1/i3D3. The van der Waals surface area contributed by atoms with E-state index in [4.69, 9.17) is 4.11 Å². The van der Waals surface area contributed by atoms with Crippen LogP contribution in [0.2, 0.25) is 0 Å². The van der Waals surface area contributed by atoms with E-state index in [-0.39, 0.29) is 0 Å². The van der Waals surface area contributed by atoms with Crippen LogP contribution >= 0.6 is 0 Å². The van der Waals surface area contributed by atoms with Gasteiger partial charge in [0.2, 0.25) is 0 Å². The number of benzene rings is 1. The number of hydrogen-bond donors (Lipinski definition) is 1. The molecule has 1 aromatic carbocycles. The second-order valence-electron chi connectivity index (χ2n) is 8.37. The molecule has 3 aliphatic heterocycles. The molecule has 0 fully saturated rings. The Morgan fingerprint density at radius 2 is 2.00 bits per heavy atom. The molecule has 7 nitrogen and oxygen atoms in total. The van der Waals surface area contributed by atoms with Crippen LogP contribution in [0.4, 0.5) is 19.0 Å². The number of fused-ring (bicyclic) bond motifs is 3. The lowest BCUT2D eigenvalue weighted by Crippen LogP contribution is -2.21. The van der Waals surface area contributed by atoms with Crippen molar-refractivity contribution in [3.63, 3.8) is 0 Å². The normalized spacial score (nSPS) is 16.4. The maximum atomic E-state index is 13.3. The average molecular weight is 484 g/mol. The molecule has 0 saturated heterocycles. The quantitative estimate of drug-likeness (QED) is 0.475. The minimum atomic E-state index is -4.47. The minimum Gasteiger partial charge on any atom is -0.369 e. The van der Waals surface area contributed by atoms with Gasteiger partial charge >= 0.3 is 6.18 Å². The number of anilines is 1. The third-order valence-corrected chi connectivity index (χ3v) is 5.96. The molecular weight excluding hydrogens is 457 g/mol. The molecule has 0 saturated carbocycles. The fourth-order valence-corrected chi connectivity index (χ4v) is 4.24. The molecule has 1 atom stereocenters. The van der Waals surface area contributed by atoms with Gasteiger partial charge in [-0.2, -0.15) is 13.2 Å². The van der Waals surface area contributed by atoms with Crippen LogP contribution < -0.4 is 16.4 Å². The van der Waals surface area contributed by atoms with Gasteiger partial charge in [0.05, 0.1) is 17.2 Å². The van der Waals surface area contributed by atoms with Gasteiger partial charge in [0.25, 0.3) is 5.56 Å². The molecule has 3 aliphatic rings. The Bertz CT molecular complexity index is 1640. The van der Waals surface area contributed by atoms with E-state index in [1.165, 1.54) is 18.3 Å². The highest BCUT2D eigenvalue weighted by atomic mass is 19.4. The van der Waals surface area contributed by atoms with Crippen molar-refractivity contribution < 1.29 is 17.3 Å². The van der Waals surface area contributed by atoms with Gasteiger partial charge in [-0.1, -0.05) is 12.1 Å². The third-order valence-electron chi connectivity index (χ3n) is 5.96. The zero-order valence-corrected chi connectivity index (χ0v) is 18.9. The van der Waals surface area contributed by atoms with Crippen molar-refractivity contribution >= 4 is 5.82 Å². The van der Waals surface area contributed by atoms with Crippen LogP contribution in [0.25, 0.3) is 22.5 Å². The van der Waals surface area contributed by atoms with Crippen molar-refractivity contribution in [1.29, 1.82) is 0 Å². The summed E-state index contributed by atoms with van der Waals surface area (Å²) in [6, 6.07) is 8.95. The van der Waals surface area contributed by atoms with E-state index < -0.39 is 30.3 Å². The second kappa shape index (κ2) is 8.37. The lowest BCUT2D eigenvalue weighted by atomic mass is 10.0. The van der Waals surface area contributed by atoms with Crippen LogP contribution in [0.1, 0.15) is 34.0 Å². The molecule has 35 heavy (non-hydrogen) atoms. The zero-order chi connectivity index (χ0) is 27.4. The van der Waals surface area contributed by atoms with Crippen LogP contribution in [0.3, 0.4) is 0 Å². The van der Waals surface area contributed by atoms with Crippen LogP contribution in [0, 0.1) is 6.92 Å². The first-order chi connectivity index (χ1) is 17.8. The predicted molar refractivity (Wildman–Crippen MR) is 126 cm³/mol. The van der Waals surface area contributed by atoms with Crippen LogP contribution in [-0.2, 0) is 19.7 Å². The second-order valence-corrected chi connectivity index (χ2v) is 8.37. The van der Waals surface area contributed by atoms with E-state index in [1.54, 1.807) is 32.0 Å². The number of nitrogens with zero attached hydrogens (tertiary/aromatic N) is 5. The molecule has 0 spiro atoms. The summed E-state index contributed by atoms with van der Waals surface area (Å²) in [5, 5.41) is 3.30. The van der Waals surface area contributed by atoms with Gasteiger partial charge in [-0.3, -0.25) is 9.79 Å². The zero-order valence-electron chi connectivity index (χ0n) is 21.9. The molecule has 180 valence electrons. The van der Waals surface area contributed by atoms with Gasteiger partial charge < -0.3 is 14.5 Å². The Hall–Kier alpha value is -3.95. The average Bonchev–Trinajstić information content (AvgIpc) is 3.33. The largest absolute Gasteiger partial charge is 0.416 e. The van der Waals surface area contributed by atoms with Crippen molar-refractivity contribution in [3.05, 3.63) is 81.5 Å². The Morgan fingerprint density at radius 1 is 1.17 bits per heavy atom. The van der Waals surface area contributed by atoms with Crippen LogP contribution in [-0.4, -0.2) is 25.6 Å². The van der Waals surface area contributed by atoms with Crippen molar-refractivity contribution in [2.45, 2.75) is 32.6 Å². The summed E-state index contributed by atoms with van der Waals surface area (Å²) >= 11 is 0. The molecule has 4 heterocycles. The highest BCUT2D eigenvalue weighted by Crippen LogP contribution is 2.36. The number of halogens is 3. The number of aromatic nitrogens is 4. The number of pyridine rings is 2. The summed E-state index contributed by atoms with van der Waals surface area (Å²) in [6.07, 6.45) is -3.24. The SMILES string of the molecule is [2H]C([2H])([2H])n1ccc(-c2cc3c(=N[C@H](C)c4cccc(C(F)(F)F)c4)nc(C)nc-3n3c2NCC3)cc1=O. The molecule has 0 bridgehead atoms. The summed E-state index contributed by atoms with van der Waals surface area (Å²) in [6.45, 7) is 1.98. The molecule has 1 aromatic heterocycles.